The van der Waals surface area contributed by atoms with E-state index in [1.807, 2.05) is 66.1 Å². The molecule has 49 heavy (non-hydrogen) atoms. The van der Waals surface area contributed by atoms with Crippen LogP contribution in [0.2, 0.25) is 0 Å². The van der Waals surface area contributed by atoms with Crippen molar-refractivity contribution in [2.24, 2.45) is 0 Å². The molecule has 0 radical (unpaired) electrons. The Morgan fingerprint density at radius 3 is 1.80 bits per heavy atom. The van der Waals surface area contributed by atoms with Crippen molar-refractivity contribution in [1.29, 1.82) is 0 Å². The molecule has 2 amide bonds. The van der Waals surface area contributed by atoms with Crippen LogP contribution in [-0.4, -0.2) is 66.2 Å². The maximum absolute atomic E-state index is 12.9. The largest absolute Gasteiger partial charge is 0.464 e. The fraction of sp³-hybridized carbons (Fsp3) is 0.421. The Hall–Kier alpha value is -5.06. The minimum Gasteiger partial charge on any atom is -0.464 e. The molecule has 3 aromatic heterocycles. The number of amides is 2. The van der Waals surface area contributed by atoms with E-state index in [-0.39, 0.29) is 24.3 Å². The summed E-state index contributed by atoms with van der Waals surface area (Å²) in [6, 6.07) is 14.2. The molecule has 2 aromatic carbocycles. The van der Waals surface area contributed by atoms with Gasteiger partial charge in [0.1, 0.15) is 28.4 Å². The van der Waals surface area contributed by atoms with Gasteiger partial charge in [-0.3, -0.25) is 9.80 Å². The molecular weight excluding hydrogens is 620 g/mol. The Morgan fingerprint density at radius 1 is 0.714 bits per heavy atom. The van der Waals surface area contributed by atoms with Crippen molar-refractivity contribution >= 4 is 23.2 Å². The Morgan fingerprint density at radius 2 is 1.22 bits per heavy atom. The fourth-order valence-corrected chi connectivity index (χ4v) is 6.83. The van der Waals surface area contributed by atoms with Gasteiger partial charge in [-0.15, -0.1) is 0 Å². The van der Waals surface area contributed by atoms with Crippen molar-refractivity contribution in [3.05, 3.63) is 72.8 Å². The van der Waals surface area contributed by atoms with E-state index in [9.17, 15) is 9.59 Å². The molecule has 256 valence electrons. The van der Waals surface area contributed by atoms with Gasteiger partial charge in [0.2, 0.25) is 0 Å². The highest BCUT2D eigenvalue weighted by Crippen LogP contribution is 2.39. The minimum atomic E-state index is -0.559. The van der Waals surface area contributed by atoms with Gasteiger partial charge in [-0.1, -0.05) is 30.3 Å². The number of imidazole rings is 2. The molecule has 0 spiro atoms. The van der Waals surface area contributed by atoms with Crippen LogP contribution < -0.4 is 0 Å². The molecule has 0 aliphatic carbocycles. The number of nitrogens with zero attached hydrogens (tertiary/aromatic N) is 4. The zero-order chi connectivity index (χ0) is 34.5. The zero-order valence-corrected chi connectivity index (χ0v) is 29.0. The first kappa shape index (κ1) is 32.5. The topological polar surface area (TPSA) is 130 Å². The van der Waals surface area contributed by atoms with Crippen LogP contribution in [0.4, 0.5) is 9.59 Å². The van der Waals surface area contributed by atoms with Gasteiger partial charge >= 0.3 is 12.2 Å². The molecule has 7 rings (SSSR count). The molecule has 2 atom stereocenters. The van der Waals surface area contributed by atoms with Crippen molar-refractivity contribution in [3.8, 4) is 33.6 Å². The van der Waals surface area contributed by atoms with Crippen LogP contribution in [0.25, 0.3) is 44.6 Å². The van der Waals surface area contributed by atoms with E-state index in [0.717, 1.165) is 81.9 Å². The molecule has 5 aromatic rings. The number of aromatic amines is 2. The van der Waals surface area contributed by atoms with Crippen molar-refractivity contribution < 1.29 is 23.5 Å². The molecule has 2 saturated heterocycles. The number of likely N-dealkylation sites (tertiary alicyclic amines) is 2. The van der Waals surface area contributed by atoms with Gasteiger partial charge in [-0.25, -0.2) is 19.6 Å². The van der Waals surface area contributed by atoms with Gasteiger partial charge in [-0.05, 0) is 96.0 Å². The third-order valence-corrected chi connectivity index (χ3v) is 9.00. The molecule has 2 aliphatic rings. The molecular formula is C38H44N6O5. The summed E-state index contributed by atoms with van der Waals surface area (Å²) in [6.07, 6.45) is 8.19. The van der Waals surface area contributed by atoms with E-state index in [2.05, 4.69) is 50.3 Å². The highest BCUT2D eigenvalue weighted by atomic mass is 16.6. The number of benzene rings is 2. The molecule has 2 N–H and O–H groups in total. The zero-order valence-electron chi connectivity index (χ0n) is 29.0. The summed E-state index contributed by atoms with van der Waals surface area (Å²) in [7, 11) is 0. The molecule has 0 saturated carbocycles. The van der Waals surface area contributed by atoms with E-state index in [0.29, 0.717) is 13.1 Å². The van der Waals surface area contributed by atoms with Crippen molar-refractivity contribution in [3.63, 3.8) is 0 Å². The second-order valence-corrected chi connectivity index (χ2v) is 14.9. The third kappa shape index (κ3) is 6.66. The van der Waals surface area contributed by atoms with Crippen molar-refractivity contribution in [1.82, 2.24) is 29.7 Å². The van der Waals surface area contributed by atoms with E-state index >= 15 is 0 Å². The molecule has 2 unspecified atom stereocenters. The average Bonchev–Trinajstić information content (AvgIpc) is 3.88. The molecule has 11 heteroatoms. The number of hydrogen-bond acceptors (Lipinski definition) is 7. The van der Waals surface area contributed by atoms with Gasteiger partial charge < -0.3 is 23.9 Å². The maximum atomic E-state index is 12.9. The molecule has 2 aliphatic heterocycles. The van der Waals surface area contributed by atoms with Gasteiger partial charge in [0.05, 0.1) is 42.1 Å². The monoisotopic (exact) mass is 664 g/mol. The summed E-state index contributed by atoms with van der Waals surface area (Å²) in [5, 5.41) is 0.991. The minimum absolute atomic E-state index is 0.135. The lowest BCUT2D eigenvalue weighted by Gasteiger charge is -2.27. The van der Waals surface area contributed by atoms with Gasteiger partial charge in [0.25, 0.3) is 0 Å². The molecule has 2 fully saturated rings. The highest BCUT2D eigenvalue weighted by molar-refractivity contribution is 6.01. The first-order valence-corrected chi connectivity index (χ1v) is 17.0. The SMILES string of the molecule is CC(C)(C)OC(=O)N1CCCC1c1ncc(-c2ccc(-c3ccc(-c4cnc(C5CCCN5C(=O)OC(C)(C)C)[nH]4)c4occc34)cc2)[nH]1. The average molecular weight is 665 g/mol. The van der Waals surface area contributed by atoms with Crippen LogP contribution in [0.5, 0.6) is 0 Å². The second-order valence-electron chi connectivity index (χ2n) is 14.9. The number of H-pyrrole nitrogens is 2. The maximum Gasteiger partial charge on any atom is 0.410 e. The number of fused-ring (bicyclic) bond motifs is 1. The van der Waals surface area contributed by atoms with Crippen LogP contribution in [0, 0.1) is 0 Å². The summed E-state index contributed by atoms with van der Waals surface area (Å²) in [4.78, 5) is 45.5. The quantitative estimate of drug-likeness (QED) is 0.192. The highest BCUT2D eigenvalue weighted by Gasteiger charge is 2.36. The first-order valence-electron chi connectivity index (χ1n) is 17.0. The number of nitrogens with one attached hydrogen (secondary N) is 2. The lowest BCUT2D eigenvalue weighted by molar-refractivity contribution is 0.0208. The second kappa shape index (κ2) is 12.4. The summed E-state index contributed by atoms with van der Waals surface area (Å²) in [5.74, 6) is 1.51. The van der Waals surface area contributed by atoms with Gasteiger partial charge in [-0.2, -0.15) is 0 Å². The predicted octanol–water partition coefficient (Wildman–Crippen LogP) is 9.02. The Labute approximate surface area is 286 Å². The van der Waals surface area contributed by atoms with Crippen molar-refractivity contribution in [2.75, 3.05) is 13.1 Å². The first-order chi connectivity index (χ1) is 23.3. The van der Waals surface area contributed by atoms with Crippen LogP contribution in [-0.2, 0) is 9.47 Å². The normalized spacial score (nSPS) is 18.4. The number of carbonyl (C=O) groups excluding carboxylic acids is 2. The Bertz CT molecular complexity index is 1980. The lowest BCUT2D eigenvalue weighted by Crippen LogP contribution is -2.36. The number of ether oxygens (including phenoxy) is 2. The van der Waals surface area contributed by atoms with Crippen LogP contribution in [0.1, 0.15) is 91.0 Å². The fourth-order valence-electron chi connectivity index (χ4n) is 6.83. The lowest BCUT2D eigenvalue weighted by atomic mass is 9.97. The third-order valence-electron chi connectivity index (χ3n) is 9.00. The number of carbonyl (C=O) groups is 2. The number of furan rings is 1. The Balaban J connectivity index is 1.09. The molecule has 11 nitrogen and oxygen atoms in total. The smallest absolute Gasteiger partial charge is 0.410 e. The summed E-state index contributed by atoms with van der Waals surface area (Å²) in [6.45, 7) is 12.6. The van der Waals surface area contributed by atoms with Gasteiger partial charge in [0, 0.05) is 24.0 Å². The van der Waals surface area contributed by atoms with Crippen LogP contribution in [0.3, 0.4) is 0 Å². The van der Waals surface area contributed by atoms with E-state index in [4.69, 9.17) is 13.9 Å². The summed E-state index contributed by atoms with van der Waals surface area (Å²) >= 11 is 0. The number of rotatable bonds is 5. The number of aromatic nitrogens is 4. The van der Waals surface area contributed by atoms with E-state index in [1.165, 1.54) is 0 Å². The summed E-state index contributed by atoms with van der Waals surface area (Å²) < 4.78 is 17.3. The number of hydrogen-bond donors (Lipinski definition) is 2. The van der Waals surface area contributed by atoms with Gasteiger partial charge in [0.15, 0.2) is 0 Å². The Kier molecular flexibility index (Phi) is 8.24. The molecule has 0 bridgehead atoms. The molecule has 5 heterocycles. The van der Waals surface area contributed by atoms with E-state index < -0.39 is 11.2 Å². The predicted molar refractivity (Wildman–Crippen MR) is 187 cm³/mol. The van der Waals surface area contributed by atoms with E-state index in [1.54, 1.807) is 16.1 Å². The van der Waals surface area contributed by atoms with Crippen LogP contribution in [0.15, 0.2) is 65.5 Å². The van der Waals surface area contributed by atoms with Crippen molar-refractivity contribution in [2.45, 2.75) is 90.5 Å². The summed E-state index contributed by atoms with van der Waals surface area (Å²) in [5.41, 5.74) is 5.38. The van der Waals surface area contributed by atoms with Crippen LogP contribution >= 0.6 is 0 Å². The standard InChI is InChI=1S/C38H44N6O5/c1-37(2,3)48-35(45)43-18-7-9-30(43)33-39-21-28(41-33)24-13-11-23(12-14-24)25-15-16-27(32-26(25)17-20-47-32)29-22-40-34(42-29)31-10-8-19-44(31)36(46)49-38(4,5)6/h11-17,20-22,30-31H,7-10,18-19H2,1-6H3,(H,39,41)(H,40,42).